The fourth-order valence-corrected chi connectivity index (χ4v) is 3.05. The van der Waals surface area contributed by atoms with Crippen LogP contribution in [0.25, 0.3) is 0 Å². The number of carbonyl (C=O) groups excluding carboxylic acids is 4. The van der Waals surface area contributed by atoms with E-state index in [9.17, 15) is 19.2 Å². The van der Waals surface area contributed by atoms with Crippen LogP contribution in [-0.2, 0) is 38.1 Å². The summed E-state index contributed by atoms with van der Waals surface area (Å²) >= 11 is 0. The number of esters is 2. The lowest BCUT2D eigenvalue weighted by Gasteiger charge is -2.30. The number of likely N-dealkylation sites (tertiary alicyclic amines) is 1. The van der Waals surface area contributed by atoms with E-state index in [1.807, 2.05) is 0 Å². The Labute approximate surface area is 177 Å². The molecule has 0 aliphatic carbocycles. The summed E-state index contributed by atoms with van der Waals surface area (Å²) in [5.74, 6) is -2.20. The molecule has 0 spiro atoms. The first-order chi connectivity index (χ1) is 14.2. The number of rotatable bonds is 11. The lowest BCUT2D eigenvalue weighted by atomic mass is 10.1. The van der Waals surface area contributed by atoms with Crippen molar-refractivity contribution in [3.63, 3.8) is 0 Å². The van der Waals surface area contributed by atoms with E-state index < -0.39 is 24.1 Å². The molecule has 1 saturated heterocycles. The quantitative estimate of drug-likeness (QED) is 0.334. The second kappa shape index (κ2) is 13.0. The summed E-state index contributed by atoms with van der Waals surface area (Å²) in [7, 11) is 4.28. The largest absolute Gasteiger partial charge is 0.466 e. The van der Waals surface area contributed by atoms with Gasteiger partial charge in [0.15, 0.2) is 0 Å². The van der Waals surface area contributed by atoms with Crippen LogP contribution in [0, 0.1) is 5.92 Å². The molecule has 1 fully saturated rings. The molecule has 0 aromatic heterocycles. The van der Waals surface area contributed by atoms with Gasteiger partial charge < -0.3 is 28.7 Å². The van der Waals surface area contributed by atoms with Gasteiger partial charge in [-0.05, 0) is 0 Å². The van der Waals surface area contributed by atoms with Gasteiger partial charge in [0.2, 0.25) is 11.8 Å². The van der Waals surface area contributed by atoms with Crippen molar-refractivity contribution in [2.24, 2.45) is 5.92 Å². The van der Waals surface area contributed by atoms with Crippen molar-refractivity contribution in [1.29, 1.82) is 0 Å². The molecule has 0 unspecified atom stereocenters. The standard InChI is InChI=1S/C20H32N2O8/c1-14(2)19(25)22-13-15(30-18(24)7-6-17(23)29-5)12-16(22)20(26)21(8-10-27-3)9-11-28-4/h6-7,14-16H,8-13H2,1-5H3/b7-6+/t15-,16+/m1/s1. The number of methoxy groups -OCH3 is 3. The summed E-state index contributed by atoms with van der Waals surface area (Å²) in [6.45, 7) is 4.99. The number of amides is 2. The SMILES string of the molecule is COCCN(CCOC)C(=O)[C@@H]1C[C@@H](OC(=O)/C=C/C(=O)OC)CN1C(=O)C(C)C. The van der Waals surface area contributed by atoms with E-state index in [1.54, 1.807) is 33.0 Å². The van der Waals surface area contributed by atoms with Crippen molar-refractivity contribution in [3.8, 4) is 0 Å². The molecule has 0 aromatic carbocycles. The summed E-state index contributed by atoms with van der Waals surface area (Å²) in [4.78, 5) is 52.0. The molecule has 0 saturated carbocycles. The van der Waals surface area contributed by atoms with E-state index in [-0.39, 0.29) is 30.7 Å². The molecule has 170 valence electrons. The minimum atomic E-state index is -0.754. The molecule has 10 heteroatoms. The Balaban J connectivity index is 2.94. The third-order valence-corrected chi connectivity index (χ3v) is 4.61. The zero-order valence-electron chi connectivity index (χ0n) is 18.3. The zero-order chi connectivity index (χ0) is 22.7. The van der Waals surface area contributed by atoms with E-state index in [2.05, 4.69) is 4.74 Å². The Morgan fingerprint density at radius 2 is 1.57 bits per heavy atom. The first-order valence-electron chi connectivity index (χ1n) is 9.78. The van der Waals surface area contributed by atoms with Crippen molar-refractivity contribution in [3.05, 3.63) is 12.2 Å². The third-order valence-electron chi connectivity index (χ3n) is 4.61. The molecule has 2 amide bonds. The summed E-state index contributed by atoms with van der Waals surface area (Å²) in [5.41, 5.74) is 0. The molecular formula is C20H32N2O8. The van der Waals surface area contributed by atoms with Crippen molar-refractivity contribution in [2.75, 3.05) is 54.2 Å². The van der Waals surface area contributed by atoms with Gasteiger partial charge in [-0.25, -0.2) is 9.59 Å². The predicted octanol–water partition coefficient (Wildman–Crippen LogP) is 0.00570. The van der Waals surface area contributed by atoms with Crippen LogP contribution in [0.5, 0.6) is 0 Å². The van der Waals surface area contributed by atoms with Gasteiger partial charge in [-0.3, -0.25) is 9.59 Å². The van der Waals surface area contributed by atoms with Crippen LogP contribution in [-0.4, -0.2) is 99.9 Å². The average Bonchev–Trinajstić information content (AvgIpc) is 3.14. The Bertz CT molecular complexity index is 626. The summed E-state index contributed by atoms with van der Waals surface area (Å²) in [6.07, 6.45) is 1.42. The molecular weight excluding hydrogens is 396 g/mol. The lowest BCUT2D eigenvalue weighted by molar-refractivity contribution is -0.146. The molecule has 0 aromatic rings. The van der Waals surface area contributed by atoms with E-state index in [0.29, 0.717) is 26.3 Å². The highest BCUT2D eigenvalue weighted by Gasteiger charge is 2.43. The van der Waals surface area contributed by atoms with Crippen molar-refractivity contribution in [1.82, 2.24) is 9.80 Å². The van der Waals surface area contributed by atoms with E-state index in [1.165, 1.54) is 12.0 Å². The highest BCUT2D eigenvalue weighted by molar-refractivity contribution is 5.92. The fourth-order valence-electron chi connectivity index (χ4n) is 3.05. The molecule has 0 N–H and O–H groups in total. The third kappa shape index (κ3) is 7.75. The van der Waals surface area contributed by atoms with Crippen LogP contribution >= 0.6 is 0 Å². The smallest absolute Gasteiger partial charge is 0.331 e. The maximum atomic E-state index is 13.2. The Hall–Kier alpha value is -2.46. The minimum Gasteiger partial charge on any atom is -0.466 e. The number of hydrogen-bond donors (Lipinski definition) is 0. The molecule has 30 heavy (non-hydrogen) atoms. The van der Waals surface area contributed by atoms with Gasteiger partial charge in [0.1, 0.15) is 12.1 Å². The van der Waals surface area contributed by atoms with Crippen LogP contribution in [0.1, 0.15) is 20.3 Å². The van der Waals surface area contributed by atoms with Gasteiger partial charge in [0.05, 0.1) is 26.9 Å². The van der Waals surface area contributed by atoms with Crippen molar-refractivity contribution < 1.29 is 38.1 Å². The van der Waals surface area contributed by atoms with E-state index in [4.69, 9.17) is 14.2 Å². The first-order valence-corrected chi connectivity index (χ1v) is 9.78. The zero-order valence-corrected chi connectivity index (χ0v) is 18.3. The second-order valence-corrected chi connectivity index (χ2v) is 7.12. The predicted molar refractivity (Wildman–Crippen MR) is 106 cm³/mol. The van der Waals surface area contributed by atoms with Gasteiger partial charge in [0.25, 0.3) is 0 Å². The molecule has 0 radical (unpaired) electrons. The lowest BCUT2D eigenvalue weighted by Crippen LogP contribution is -2.50. The number of ether oxygens (including phenoxy) is 4. The maximum Gasteiger partial charge on any atom is 0.331 e. The monoisotopic (exact) mass is 428 g/mol. The first kappa shape index (κ1) is 25.6. The Morgan fingerprint density at radius 1 is 1.00 bits per heavy atom. The van der Waals surface area contributed by atoms with Crippen LogP contribution in [0.2, 0.25) is 0 Å². The van der Waals surface area contributed by atoms with Crippen LogP contribution in [0.15, 0.2) is 12.2 Å². The Morgan fingerprint density at radius 3 is 2.07 bits per heavy atom. The average molecular weight is 428 g/mol. The van der Waals surface area contributed by atoms with Gasteiger partial charge >= 0.3 is 11.9 Å². The molecule has 1 heterocycles. The molecule has 0 bridgehead atoms. The summed E-state index contributed by atoms with van der Waals surface area (Å²) < 4.78 is 19.9. The molecule has 1 rings (SSSR count). The van der Waals surface area contributed by atoms with Crippen molar-refractivity contribution >= 4 is 23.8 Å². The highest BCUT2D eigenvalue weighted by Crippen LogP contribution is 2.24. The van der Waals surface area contributed by atoms with Crippen molar-refractivity contribution in [2.45, 2.75) is 32.4 Å². The molecule has 10 nitrogen and oxygen atoms in total. The topological polar surface area (TPSA) is 112 Å². The van der Waals surface area contributed by atoms with Crippen LogP contribution in [0.3, 0.4) is 0 Å². The highest BCUT2D eigenvalue weighted by atomic mass is 16.5. The summed E-state index contributed by atoms with van der Waals surface area (Å²) in [6, 6.07) is -0.754. The van der Waals surface area contributed by atoms with E-state index >= 15 is 0 Å². The van der Waals surface area contributed by atoms with Gasteiger partial charge in [0, 0.05) is 51.8 Å². The van der Waals surface area contributed by atoms with Gasteiger partial charge in [-0.1, -0.05) is 13.8 Å². The molecule has 1 aliphatic heterocycles. The number of carbonyl (C=O) groups is 4. The van der Waals surface area contributed by atoms with Gasteiger partial charge in [-0.15, -0.1) is 0 Å². The number of nitrogens with zero attached hydrogens (tertiary/aromatic N) is 2. The van der Waals surface area contributed by atoms with Gasteiger partial charge in [-0.2, -0.15) is 0 Å². The Kier molecular flexibility index (Phi) is 11.1. The maximum absolute atomic E-state index is 13.2. The minimum absolute atomic E-state index is 0.105. The van der Waals surface area contributed by atoms with E-state index in [0.717, 1.165) is 12.2 Å². The molecule has 1 aliphatic rings. The number of hydrogen-bond acceptors (Lipinski definition) is 8. The normalized spacial score (nSPS) is 18.7. The fraction of sp³-hybridized carbons (Fsp3) is 0.700. The summed E-state index contributed by atoms with van der Waals surface area (Å²) in [5, 5.41) is 0. The molecule has 2 atom stereocenters. The van der Waals surface area contributed by atoms with Crippen LogP contribution in [0.4, 0.5) is 0 Å². The van der Waals surface area contributed by atoms with Crippen LogP contribution < -0.4 is 0 Å². The second-order valence-electron chi connectivity index (χ2n) is 7.12.